The molecule has 2 N–H and O–H groups in total. The van der Waals surface area contributed by atoms with Gasteiger partial charge in [-0.3, -0.25) is 4.98 Å². The summed E-state index contributed by atoms with van der Waals surface area (Å²) in [6.45, 7) is 0. The van der Waals surface area contributed by atoms with Crippen molar-refractivity contribution in [2.75, 3.05) is 4.90 Å². The molecular formula is C24H19ClN4OS. The maximum absolute atomic E-state index is 10.6. The van der Waals surface area contributed by atoms with Crippen LogP contribution < -0.4 is 10.2 Å². The van der Waals surface area contributed by atoms with Gasteiger partial charge < -0.3 is 19.9 Å². The highest BCUT2D eigenvalue weighted by atomic mass is 35.5. The molecule has 1 aliphatic rings. The van der Waals surface area contributed by atoms with Gasteiger partial charge in [0.1, 0.15) is 5.75 Å². The Morgan fingerprint density at radius 1 is 1.00 bits per heavy atom. The fourth-order valence-corrected chi connectivity index (χ4v) is 4.50. The Hall–Kier alpha value is -3.35. The third-order valence-corrected chi connectivity index (χ3v) is 5.96. The zero-order valence-electron chi connectivity index (χ0n) is 16.4. The van der Waals surface area contributed by atoms with E-state index >= 15 is 0 Å². The second-order valence-corrected chi connectivity index (χ2v) is 8.14. The number of aromatic hydroxyl groups is 1. The minimum atomic E-state index is -0.225. The number of phenolic OH excluding ortho intramolecular Hbond substituents is 1. The lowest BCUT2D eigenvalue weighted by Crippen LogP contribution is -2.29. The van der Waals surface area contributed by atoms with Gasteiger partial charge in [-0.2, -0.15) is 0 Å². The van der Waals surface area contributed by atoms with Crippen molar-refractivity contribution in [1.29, 1.82) is 0 Å². The van der Waals surface area contributed by atoms with Gasteiger partial charge in [-0.1, -0.05) is 35.9 Å². The summed E-state index contributed by atoms with van der Waals surface area (Å²) >= 11 is 12.0. The number of phenols is 1. The van der Waals surface area contributed by atoms with E-state index in [0.29, 0.717) is 15.8 Å². The summed E-state index contributed by atoms with van der Waals surface area (Å²) in [4.78, 5) is 6.48. The minimum absolute atomic E-state index is 0.114. The first-order valence-electron chi connectivity index (χ1n) is 9.84. The van der Waals surface area contributed by atoms with Crippen LogP contribution >= 0.6 is 23.8 Å². The van der Waals surface area contributed by atoms with E-state index < -0.39 is 0 Å². The Labute approximate surface area is 190 Å². The molecule has 0 bridgehead atoms. The van der Waals surface area contributed by atoms with Crippen molar-refractivity contribution in [3.63, 3.8) is 0 Å². The average Bonchev–Trinajstić information content (AvgIpc) is 3.41. The van der Waals surface area contributed by atoms with Crippen LogP contribution in [0.25, 0.3) is 5.69 Å². The number of hydrogen-bond acceptors (Lipinski definition) is 3. The van der Waals surface area contributed by atoms with E-state index in [2.05, 4.69) is 39.3 Å². The van der Waals surface area contributed by atoms with Gasteiger partial charge in [0.15, 0.2) is 5.11 Å². The molecule has 0 spiro atoms. The van der Waals surface area contributed by atoms with E-state index in [9.17, 15) is 5.11 Å². The zero-order chi connectivity index (χ0) is 21.4. The molecule has 0 radical (unpaired) electrons. The molecule has 0 aliphatic carbocycles. The van der Waals surface area contributed by atoms with Gasteiger partial charge in [-0.05, 0) is 66.3 Å². The number of nitrogens with zero attached hydrogens (tertiary/aromatic N) is 3. The second kappa shape index (κ2) is 8.06. The molecule has 1 saturated heterocycles. The van der Waals surface area contributed by atoms with E-state index in [-0.39, 0.29) is 17.8 Å². The lowest BCUT2D eigenvalue weighted by molar-refractivity contribution is 0.473. The van der Waals surface area contributed by atoms with E-state index in [4.69, 9.17) is 23.8 Å². The van der Waals surface area contributed by atoms with E-state index in [1.54, 1.807) is 24.4 Å². The van der Waals surface area contributed by atoms with Gasteiger partial charge in [0.05, 0.1) is 23.5 Å². The number of thiocarbonyl (C=S) groups is 1. The Morgan fingerprint density at radius 3 is 2.58 bits per heavy atom. The Balaban J connectivity index is 1.63. The average molecular weight is 447 g/mol. The molecule has 154 valence electrons. The van der Waals surface area contributed by atoms with Crippen LogP contribution in [0.4, 0.5) is 5.69 Å². The highest BCUT2D eigenvalue weighted by molar-refractivity contribution is 7.80. The number of aromatic nitrogens is 2. The molecular weight excluding hydrogens is 428 g/mol. The van der Waals surface area contributed by atoms with Gasteiger partial charge in [0, 0.05) is 29.3 Å². The molecule has 7 heteroatoms. The largest absolute Gasteiger partial charge is 0.506 e. The molecule has 31 heavy (non-hydrogen) atoms. The van der Waals surface area contributed by atoms with Crippen LogP contribution in [0.5, 0.6) is 5.75 Å². The van der Waals surface area contributed by atoms with Crippen molar-refractivity contribution in [1.82, 2.24) is 14.9 Å². The van der Waals surface area contributed by atoms with Crippen molar-refractivity contribution in [2.45, 2.75) is 12.1 Å². The quantitative estimate of drug-likeness (QED) is 0.410. The summed E-state index contributed by atoms with van der Waals surface area (Å²) in [6.07, 6.45) is 5.88. The van der Waals surface area contributed by atoms with Crippen LogP contribution in [0.15, 0.2) is 91.4 Å². The molecule has 5 rings (SSSR count). The molecule has 1 aliphatic heterocycles. The van der Waals surface area contributed by atoms with Crippen LogP contribution in [0.3, 0.4) is 0 Å². The van der Waals surface area contributed by atoms with Crippen LogP contribution in [0, 0.1) is 0 Å². The summed E-state index contributed by atoms with van der Waals surface area (Å²) in [5.74, 6) is 0.114. The third kappa shape index (κ3) is 3.65. The van der Waals surface area contributed by atoms with Gasteiger partial charge in [-0.25, -0.2) is 0 Å². The zero-order valence-corrected chi connectivity index (χ0v) is 18.0. The SMILES string of the molecule is Oc1ccc(Cl)cc1N1C(=S)NC(c2ccccn2)C1c1ccn(-c2ccccc2)c1. The summed E-state index contributed by atoms with van der Waals surface area (Å²) in [7, 11) is 0. The van der Waals surface area contributed by atoms with Crippen LogP contribution in [-0.4, -0.2) is 19.8 Å². The van der Waals surface area contributed by atoms with Gasteiger partial charge in [0.25, 0.3) is 0 Å². The lowest BCUT2D eigenvalue weighted by atomic mass is 9.98. The number of pyridine rings is 1. The molecule has 3 heterocycles. The highest BCUT2D eigenvalue weighted by Gasteiger charge is 2.42. The number of halogens is 1. The van der Waals surface area contributed by atoms with Gasteiger partial charge in [-0.15, -0.1) is 0 Å². The summed E-state index contributed by atoms with van der Waals surface area (Å²) < 4.78 is 2.07. The van der Waals surface area contributed by atoms with Crippen molar-refractivity contribution in [3.8, 4) is 11.4 Å². The van der Waals surface area contributed by atoms with Gasteiger partial charge in [0.2, 0.25) is 0 Å². The van der Waals surface area contributed by atoms with Crippen molar-refractivity contribution >= 4 is 34.6 Å². The number of benzene rings is 2. The highest BCUT2D eigenvalue weighted by Crippen LogP contribution is 2.45. The lowest BCUT2D eigenvalue weighted by Gasteiger charge is -2.28. The number of rotatable bonds is 4. The van der Waals surface area contributed by atoms with Crippen LogP contribution in [0.2, 0.25) is 5.02 Å². The first kappa shape index (κ1) is 19.6. The van der Waals surface area contributed by atoms with E-state index in [1.807, 2.05) is 47.5 Å². The van der Waals surface area contributed by atoms with Crippen molar-refractivity contribution in [3.05, 3.63) is 108 Å². The predicted octanol–water partition coefficient (Wildman–Crippen LogP) is 5.41. The normalized spacial score (nSPS) is 18.2. The first-order chi connectivity index (χ1) is 15.1. The maximum Gasteiger partial charge on any atom is 0.174 e. The van der Waals surface area contributed by atoms with Crippen LogP contribution in [0.1, 0.15) is 23.3 Å². The second-order valence-electron chi connectivity index (χ2n) is 7.32. The topological polar surface area (TPSA) is 53.3 Å². The van der Waals surface area contributed by atoms with E-state index in [0.717, 1.165) is 16.9 Å². The molecule has 2 unspecified atom stereocenters. The molecule has 0 amide bonds. The Kier molecular flexibility index (Phi) is 5.10. The fraction of sp³-hybridized carbons (Fsp3) is 0.0833. The Morgan fingerprint density at radius 2 is 1.81 bits per heavy atom. The molecule has 2 aromatic carbocycles. The molecule has 5 nitrogen and oxygen atoms in total. The number of nitrogens with one attached hydrogen (secondary N) is 1. The van der Waals surface area contributed by atoms with Crippen molar-refractivity contribution in [2.24, 2.45) is 0 Å². The minimum Gasteiger partial charge on any atom is -0.506 e. The molecule has 1 fully saturated rings. The predicted molar refractivity (Wildman–Crippen MR) is 127 cm³/mol. The smallest absolute Gasteiger partial charge is 0.174 e. The molecule has 0 saturated carbocycles. The van der Waals surface area contributed by atoms with Gasteiger partial charge >= 0.3 is 0 Å². The number of para-hydroxylation sites is 1. The monoisotopic (exact) mass is 446 g/mol. The maximum atomic E-state index is 10.6. The molecule has 2 aromatic heterocycles. The molecule has 2 atom stereocenters. The number of anilines is 1. The third-order valence-electron chi connectivity index (χ3n) is 5.41. The summed E-state index contributed by atoms with van der Waals surface area (Å²) in [6, 6.07) is 22.6. The summed E-state index contributed by atoms with van der Waals surface area (Å²) in [5, 5.41) is 15.0. The number of hydrogen-bond donors (Lipinski definition) is 2. The fourth-order valence-electron chi connectivity index (χ4n) is 3.99. The standard InChI is InChI=1S/C24H19ClN4OS/c25-17-9-10-21(30)20(14-17)29-23(22(27-24(29)31)19-8-4-5-12-26-19)16-11-13-28(15-16)18-6-2-1-3-7-18/h1-15,22-23,30H,(H,27,31). The first-order valence-corrected chi connectivity index (χ1v) is 10.6. The summed E-state index contributed by atoms with van der Waals surface area (Å²) in [5.41, 5.74) is 3.52. The molecule has 4 aromatic rings. The van der Waals surface area contributed by atoms with Crippen molar-refractivity contribution < 1.29 is 5.11 Å². The van der Waals surface area contributed by atoms with Crippen LogP contribution in [-0.2, 0) is 0 Å². The Bertz CT molecular complexity index is 1230. The van der Waals surface area contributed by atoms with E-state index in [1.165, 1.54) is 0 Å².